The normalized spacial score (nSPS) is 18.5. The van der Waals surface area contributed by atoms with E-state index in [4.69, 9.17) is 5.11 Å². The maximum absolute atomic E-state index is 12.7. The van der Waals surface area contributed by atoms with Crippen LogP contribution in [0.25, 0.3) is 0 Å². The van der Waals surface area contributed by atoms with Crippen molar-refractivity contribution in [1.29, 1.82) is 0 Å². The van der Waals surface area contributed by atoms with E-state index in [-0.39, 0.29) is 24.3 Å². The Labute approximate surface area is 150 Å². The highest BCUT2D eigenvalue weighted by molar-refractivity contribution is 6.09. The topological polar surface area (TPSA) is 69.6 Å². The van der Waals surface area contributed by atoms with Gasteiger partial charge in [-0.25, -0.2) is 0 Å². The summed E-state index contributed by atoms with van der Waals surface area (Å²) in [6, 6.07) is 6.05. The second-order valence-electron chi connectivity index (χ2n) is 7.09. The Morgan fingerprint density at radius 3 is 2.56 bits per heavy atom. The van der Waals surface area contributed by atoms with Gasteiger partial charge in [-0.2, -0.15) is 0 Å². The quantitative estimate of drug-likeness (QED) is 0.711. The van der Waals surface area contributed by atoms with Crippen LogP contribution in [0.3, 0.4) is 0 Å². The lowest BCUT2D eigenvalue weighted by molar-refractivity contribution is -0.132. The second kappa shape index (κ2) is 8.99. The van der Waals surface area contributed by atoms with Crippen LogP contribution < -0.4 is 10.2 Å². The van der Waals surface area contributed by atoms with E-state index < -0.39 is 5.92 Å². The monoisotopic (exact) mass is 346 g/mol. The van der Waals surface area contributed by atoms with E-state index in [1.54, 1.807) is 4.90 Å². The fourth-order valence-corrected chi connectivity index (χ4v) is 3.59. The van der Waals surface area contributed by atoms with Crippen molar-refractivity contribution in [3.05, 3.63) is 29.3 Å². The van der Waals surface area contributed by atoms with Crippen LogP contribution in [0.2, 0.25) is 0 Å². The number of hydrogen-bond acceptors (Lipinski definition) is 3. The summed E-state index contributed by atoms with van der Waals surface area (Å²) in [7, 11) is 0. The van der Waals surface area contributed by atoms with Gasteiger partial charge in [-0.05, 0) is 62.3 Å². The molecule has 1 aliphatic rings. The smallest absolute Gasteiger partial charge is 0.239 e. The van der Waals surface area contributed by atoms with Crippen molar-refractivity contribution < 1.29 is 14.7 Å². The van der Waals surface area contributed by atoms with Crippen LogP contribution in [-0.4, -0.2) is 36.6 Å². The lowest BCUT2D eigenvalue weighted by atomic mass is 9.99. The van der Waals surface area contributed by atoms with Crippen molar-refractivity contribution in [1.82, 2.24) is 5.32 Å². The van der Waals surface area contributed by atoms with Gasteiger partial charge in [0.05, 0.1) is 0 Å². The average molecular weight is 346 g/mol. The number of amides is 2. The highest BCUT2D eigenvalue weighted by Crippen LogP contribution is 2.27. The molecule has 2 rings (SSSR count). The first kappa shape index (κ1) is 19.4. The van der Waals surface area contributed by atoms with Gasteiger partial charge in [0.2, 0.25) is 11.8 Å². The molecule has 1 aromatic carbocycles. The molecule has 0 aromatic heterocycles. The van der Waals surface area contributed by atoms with Gasteiger partial charge in [0.1, 0.15) is 5.92 Å². The van der Waals surface area contributed by atoms with Crippen LogP contribution in [-0.2, 0) is 9.59 Å². The van der Waals surface area contributed by atoms with Crippen molar-refractivity contribution in [2.45, 2.75) is 46.5 Å². The molecule has 1 fully saturated rings. The molecule has 2 atom stereocenters. The summed E-state index contributed by atoms with van der Waals surface area (Å²) in [6.45, 7) is 7.35. The molecule has 0 aliphatic carbocycles. The largest absolute Gasteiger partial charge is 0.396 e. The zero-order valence-corrected chi connectivity index (χ0v) is 15.5. The molecule has 138 valence electrons. The molecule has 0 bridgehead atoms. The SMILES string of the molecule is CCCC(CCO)CNC(=O)C1CCN(c2cc(C)cc(C)c2)C1=O. The van der Waals surface area contributed by atoms with Gasteiger partial charge in [-0.1, -0.05) is 19.4 Å². The van der Waals surface area contributed by atoms with Gasteiger partial charge < -0.3 is 15.3 Å². The number of carbonyl (C=O) groups excluding carboxylic acids is 2. The third-order valence-corrected chi connectivity index (χ3v) is 4.84. The number of hydrogen-bond donors (Lipinski definition) is 2. The molecule has 0 radical (unpaired) electrons. The Morgan fingerprint density at radius 2 is 1.96 bits per heavy atom. The number of nitrogens with zero attached hydrogens (tertiary/aromatic N) is 1. The number of aryl methyl sites for hydroxylation is 2. The summed E-state index contributed by atoms with van der Waals surface area (Å²) in [5, 5.41) is 12.0. The first-order valence-corrected chi connectivity index (χ1v) is 9.24. The Bertz CT molecular complexity index is 589. The summed E-state index contributed by atoms with van der Waals surface area (Å²) in [5.41, 5.74) is 3.10. The van der Waals surface area contributed by atoms with E-state index in [9.17, 15) is 9.59 Å². The van der Waals surface area contributed by atoms with E-state index >= 15 is 0 Å². The summed E-state index contributed by atoms with van der Waals surface area (Å²) < 4.78 is 0. The van der Waals surface area contributed by atoms with Crippen LogP contribution in [0.4, 0.5) is 5.69 Å². The maximum atomic E-state index is 12.7. The Balaban J connectivity index is 1.97. The number of nitrogens with one attached hydrogen (secondary N) is 1. The lowest BCUT2D eigenvalue weighted by Crippen LogP contribution is -2.39. The van der Waals surface area contributed by atoms with Crippen molar-refractivity contribution in [3.63, 3.8) is 0 Å². The Morgan fingerprint density at radius 1 is 1.28 bits per heavy atom. The molecular formula is C20H30N2O3. The molecule has 5 nitrogen and oxygen atoms in total. The molecule has 5 heteroatoms. The number of benzene rings is 1. The molecule has 2 unspecified atom stereocenters. The highest BCUT2D eigenvalue weighted by atomic mass is 16.3. The van der Waals surface area contributed by atoms with Gasteiger partial charge in [0.25, 0.3) is 0 Å². The minimum Gasteiger partial charge on any atom is -0.396 e. The summed E-state index contributed by atoms with van der Waals surface area (Å²) >= 11 is 0. The van der Waals surface area contributed by atoms with Crippen molar-refractivity contribution in [2.24, 2.45) is 11.8 Å². The molecule has 0 spiro atoms. The van der Waals surface area contributed by atoms with E-state index in [0.29, 0.717) is 25.9 Å². The number of aliphatic hydroxyl groups excluding tert-OH is 1. The first-order valence-electron chi connectivity index (χ1n) is 9.24. The molecule has 0 saturated carbocycles. The van der Waals surface area contributed by atoms with Crippen molar-refractivity contribution in [2.75, 3.05) is 24.6 Å². The van der Waals surface area contributed by atoms with E-state index in [2.05, 4.69) is 18.3 Å². The second-order valence-corrected chi connectivity index (χ2v) is 7.09. The van der Waals surface area contributed by atoms with Crippen LogP contribution in [0.1, 0.15) is 43.7 Å². The predicted molar refractivity (Wildman–Crippen MR) is 99.5 cm³/mol. The number of carbonyl (C=O) groups is 2. The lowest BCUT2D eigenvalue weighted by Gasteiger charge is -2.19. The van der Waals surface area contributed by atoms with E-state index in [1.165, 1.54) is 0 Å². The minimum absolute atomic E-state index is 0.114. The van der Waals surface area contributed by atoms with Gasteiger partial charge >= 0.3 is 0 Å². The standard InChI is InChI=1S/C20H30N2O3/c1-4-5-16(7-9-23)13-21-19(24)18-6-8-22(20(18)25)17-11-14(2)10-15(3)12-17/h10-12,16,18,23H,4-9,13H2,1-3H3,(H,21,24). The molecular weight excluding hydrogens is 316 g/mol. The molecule has 25 heavy (non-hydrogen) atoms. The fourth-order valence-electron chi connectivity index (χ4n) is 3.59. The van der Waals surface area contributed by atoms with Gasteiger partial charge in [0, 0.05) is 25.4 Å². The Hall–Kier alpha value is -1.88. The fraction of sp³-hybridized carbons (Fsp3) is 0.600. The molecule has 1 aromatic rings. The van der Waals surface area contributed by atoms with Crippen LogP contribution in [0.15, 0.2) is 18.2 Å². The summed E-state index contributed by atoms with van der Waals surface area (Å²) in [5.74, 6) is -0.629. The van der Waals surface area contributed by atoms with Gasteiger partial charge in [-0.3, -0.25) is 9.59 Å². The van der Waals surface area contributed by atoms with E-state index in [0.717, 1.165) is 29.7 Å². The van der Waals surface area contributed by atoms with Gasteiger partial charge in [0.15, 0.2) is 0 Å². The van der Waals surface area contributed by atoms with Crippen molar-refractivity contribution in [3.8, 4) is 0 Å². The third-order valence-electron chi connectivity index (χ3n) is 4.84. The molecule has 1 saturated heterocycles. The molecule has 2 N–H and O–H groups in total. The zero-order chi connectivity index (χ0) is 18.4. The minimum atomic E-state index is -0.600. The Kier molecular flexibility index (Phi) is 7.00. The number of rotatable bonds is 8. The van der Waals surface area contributed by atoms with Gasteiger partial charge in [-0.15, -0.1) is 0 Å². The molecule has 1 aliphatic heterocycles. The first-order chi connectivity index (χ1) is 12.0. The predicted octanol–water partition coefficient (Wildman–Crippen LogP) is 2.57. The zero-order valence-electron chi connectivity index (χ0n) is 15.5. The summed E-state index contributed by atoms with van der Waals surface area (Å²) in [6.07, 6.45) is 3.22. The highest BCUT2D eigenvalue weighted by Gasteiger charge is 2.37. The third kappa shape index (κ3) is 5.05. The van der Waals surface area contributed by atoms with Crippen LogP contribution in [0, 0.1) is 25.7 Å². The molecule has 2 amide bonds. The van der Waals surface area contributed by atoms with Crippen LogP contribution >= 0.6 is 0 Å². The van der Waals surface area contributed by atoms with E-state index in [1.807, 2.05) is 26.0 Å². The summed E-state index contributed by atoms with van der Waals surface area (Å²) in [4.78, 5) is 26.9. The average Bonchev–Trinajstić information content (AvgIpc) is 2.93. The van der Waals surface area contributed by atoms with Crippen molar-refractivity contribution >= 4 is 17.5 Å². The maximum Gasteiger partial charge on any atom is 0.239 e. The molecule has 1 heterocycles. The number of aliphatic hydroxyl groups is 1. The van der Waals surface area contributed by atoms with Crippen LogP contribution in [0.5, 0.6) is 0 Å². The number of anilines is 1.